The molecule has 0 fully saturated rings. The van der Waals surface area contributed by atoms with Crippen molar-refractivity contribution < 1.29 is 13.4 Å². The Kier molecular flexibility index (Phi) is 4.68. The van der Waals surface area contributed by atoms with Crippen molar-refractivity contribution in [2.24, 2.45) is 0 Å². The van der Waals surface area contributed by atoms with Crippen LogP contribution in [0.1, 0.15) is 27.0 Å². The summed E-state index contributed by atoms with van der Waals surface area (Å²) in [4.78, 5) is 12.5. The summed E-state index contributed by atoms with van der Waals surface area (Å²) >= 11 is 0. The number of aryl methyl sites for hydroxylation is 3. The van der Waals surface area contributed by atoms with Crippen LogP contribution in [0.4, 0.5) is 4.39 Å². The van der Waals surface area contributed by atoms with E-state index in [1.165, 1.54) is 18.2 Å². The van der Waals surface area contributed by atoms with E-state index in [-0.39, 0.29) is 16.4 Å². The highest BCUT2D eigenvalue weighted by atomic mass is 32.2. The van der Waals surface area contributed by atoms with Gasteiger partial charge in [-0.1, -0.05) is 29.8 Å². The summed E-state index contributed by atoms with van der Waals surface area (Å²) in [7, 11) is -1.67. The molecule has 4 heteroatoms. The molecule has 110 valence electrons. The van der Waals surface area contributed by atoms with E-state index in [0.29, 0.717) is 5.56 Å². The zero-order valence-electron chi connectivity index (χ0n) is 12.3. The Morgan fingerprint density at radius 1 is 1.10 bits per heavy atom. The fourth-order valence-electron chi connectivity index (χ4n) is 2.52. The zero-order chi connectivity index (χ0) is 15.6. The van der Waals surface area contributed by atoms with Crippen molar-refractivity contribution in [3.63, 3.8) is 0 Å². The van der Waals surface area contributed by atoms with Gasteiger partial charge in [0, 0.05) is 5.56 Å². The van der Waals surface area contributed by atoms with Gasteiger partial charge >= 0.3 is 0 Å². The molecule has 0 heterocycles. The van der Waals surface area contributed by atoms with E-state index in [4.69, 9.17) is 0 Å². The minimum atomic E-state index is -1.67. The molecule has 2 nitrogen and oxygen atoms in total. The van der Waals surface area contributed by atoms with E-state index in [2.05, 4.69) is 0 Å². The number of carbonyl (C=O) groups excluding carboxylic acids is 1. The topological polar surface area (TPSA) is 34.1 Å². The van der Waals surface area contributed by atoms with E-state index in [0.717, 1.165) is 16.7 Å². The minimum Gasteiger partial charge on any atom is -0.293 e. The molecule has 2 rings (SSSR count). The summed E-state index contributed by atoms with van der Waals surface area (Å²) in [5, 5.41) is 0. The minimum absolute atomic E-state index is 0.0771. The van der Waals surface area contributed by atoms with Crippen LogP contribution in [0.3, 0.4) is 0 Å². The maximum absolute atomic E-state index is 13.6. The SMILES string of the molecule is Cc1cc(C)c(C(=O)CS(=O)c2ccccc2F)c(C)c1. The fourth-order valence-corrected chi connectivity index (χ4v) is 3.57. The molecule has 0 spiro atoms. The Bertz CT molecular complexity index is 699. The summed E-state index contributed by atoms with van der Waals surface area (Å²) in [5.74, 6) is -0.960. The second kappa shape index (κ2) is 6.31. The second-order valence-corrected chi connectivity index (χ2v) is 6.54. The Morgan fingerprint density at radius 3 is 2.24 bits per heavy atom. The van der Waals surface area contributed by atoms with Gasteiger partial charge in [-0.25, -0.2) is 4.39 Å². The van der Waals surface area contributed by atoms with Crippen LogP contribution in [0, 0.1) is 26.6 Å². The molecule has 0 saturated heterocycles. The van der Waals surface area contributed by atoms with Crippen LogP contribution in [0.5, 0.6) is 0 Å². The number of benzene rings is 2. The van der Waals surface area contributed by atoms with Crippen molar-refractivity contribution in [1.82, 2.24) is 0 Å². The molecule has 0 amide bonds. The summed E-state index contributed by atoms with van der Waals surface area (Å²) in [6.45, 7) is 5.68. The second-order valence-electron chi connectivity index (χ2n) is 5.12. The number of carbonyl (C=O) groups is 1. The van der Waals surface area contributed by atoms with E-state index < -0.39 is 16.6 Å². The molecule has 1 atom stereocenters. The largest absolute Gasteiger partial charge is 0.293 e. The van der Waals surface area contributed by atoms with Gasteiger partial charge in [-0.2, -0.15) is 0 Å². The first-order valence-corrected chi connectivity index (χ1v) is 7.96. The first-order chi connectivity index (χ1) is 9.90. The molecule has 0 aromatic heterocycles. The van der Waals surface area contributed by atoms with Crippen molar-refractivity contribution in [3.05, 3.63) is 64.5 Å². The number of rotatable bonds is 4. The van der Waals surface area contributed by atoms with Crippen molar-refractivity contribution in [1.29, 1.82) is 0 Å². The summed E-state index contributed by atoms with van der Waals surface area (Å²) in [5.41, 5.74) is 3.40. The quantitative estimate of drug-likeness (QED) is 0.806. The van der Waals surface area contributed by atoms with Gasteiger partial charge in [-0.3, -0.25) is 9.00 Å². The molecule has 1 unspecified atom stereocenters. The number of Topliss-reactive ketones (excluding diaryl/α,β-unsaturated/α-hetero) is 1. The highest BCUT2D eigenvalue weighted by molar-refractivity contribution is 7.85. The molecular weight excluding hydrogens is 287 g/mol. The Hall–Kier alpha value is -1.81. The average molecular weight is 304 g/mol. The summed E-state index contributed by atoms with van der Waals surface area (Å²) < 4.78 is 25.8. The molecule has 21 heavy (non-hydrogen) atoms. The number of hydrogen-bond acceptors (Lipinski definition) is 2. The van der Waals surface area contributed by atoms with Crippen LogP contribution >= 0.6 is 0 Å². The summed E-state index contributed by atoms with van der Waals surface area (Å²) in [6.07, 6.45) is 0. The van der Waals surface area contributed by atoms with Crippen LogP contribution in [0.25, 0.3) is 0 Å². The molecule has 2 aromatic carbocycles. The lowest BCUT2D eigenvalue weighted by molar-refractivity contribution is 0.102. The standard InChI is InChI=1S/C17H17FO2S/c1-11-8-12(2)17(13(3)9-11)15(19)10-21(20)16-7-5-4-6-14(16)18/h4-9H,10H2,1-3H3. The van der Waals surface area contributed by atoms with Gasteiger partial charge in [-0.15, -0.1) is 0 Å². The third kappa shape index (κ3) is 3.45. The van der Waals surface area contributed by atoms with Gasteiger partial charge in [0.1, 0.15) is 5.82 Å². The first kappa shape index (κ1) is 15.6. The monoisotopic (exact) mass is 304 g/mol. The highest BCUT2D eigenvalue weighted by Crippen LogP contribution is 2.19. The lowest BCUT2D eigenvalue weighted by atomic mass is 9.97. The molecule has 0 aliphatic carbocycles. The molecular formula is C17H17FO2S. The molecule has 0 saturated carbocycles. The van der Waals surface area contributed by atoms with E-state index in [1.54, 1.807) is 6.07 Å². The van der Waals surface area contributed by atoms with Gasteiger partial charge in [0.05, 0.1) is 21.4 Å². The maximum atomic E-state index is 13.6. The smallest absolute Gasteiger partial charge is 0.176 e. The van der Waals surface area contributed by atoms with Gasteiger partial charge in [0.25, 0.3) is 0 Å². The molecule has 0 bridgehead atoms. The van der Waals surface area contributed by atoms with Crippen LogP contribution in [0.2, 0.25) is 0 Å². The molecule has 0 aliphatic rings. The number of halogens is 1. The molecule has 0 radical (unpaired) electrons. The zero-order valence-corrected chi connectivity index (χ0v) is 13.1. The van der Waals surface area contributed by atoms with E-state index in [9.17, 15) is 13.4 Å². The average Bonchev–Trinajstić information content (AvgIpc) is 2.37. The van der Waals surface area contributed by atoms with Gasteiger partial charge in [0.15, 0.2) is 5.78 Å². The van der Waals surface area contributed by atoms with Gasteiger partial charge in [-0.05, 0) is 44.0 Å². The van der Waals surface area contributed by atoms with E-state index in [1.807, 2.05) is 32.9 Å². The van der Waals surface area contributed by atoms with Crippen LogP contribution in [0.15, 0.2) is 41.3 Å². The number of hydrogen-bond donors (Lipinski definition) is 0. The predicted molar refractivity (Wildman–Crippen MR) is 82.7 cm³/mol. The predicted octanol–water partition coefficient (Wildman–Crippen LogP) is 3.74. The maximum Gasteiger partial charge on any atom is 0.176 e. The number of ketones is 1. The molecule has 2 aromatic rings. The van der Waals surface area contributed by atoms with Crippen LogP contribution in [-0.2, 0) is 10.8 Å². The highest BCUT2D eigenvalue weighted by Gasteiger charge is 2.18. The van der Waals surface area contributed by atoms with Crippen LogP contribution < -0.4 is 0 Å². The third-order valence-electron chi connectivity index (χ3n) is 3.30. The lowest BCUT2D eigenvalue weighted by Gasteiger charge is -2.10. The molecule has 0 N–H and O–H groups in total. The van der Waals surface area contributed by atoms with Gasteiger partial charge < -0.3 is 0 Å². The van der Waals surface area contributed by atoms with Crippen molar-refractivity contribution in [2.75, 3.05) is 5.75 Å². The van der Waals surface area contributed by atoms with Crippen molar-refractivity contribution in [3.8, 4) is 0 Å². The van der Waals surface area contributed by atoms with E-state index >= 15 is 0 Å². The third-order valence-corrected chi connectivity index (χ3v) is 4.65. The first-order valence-electron chi connectivity index (χ1n) is 6.64. The Labute approximate surface area is 126 Å². The summed E-state index contributed by atoms with van der Waals surface area (Å²) in [6, 6.07) is 9.70. The van der Waals surface area contributed by atoms with Crippen molar-refractivity contribution >= 4 is 16.6 Å². The lowest BCUT2D eigenvalue weighted by Crippen LogP contribution is -2.15. The Morgan fingerprint density at radius 2 is 1.67 bits per heavy atom. The van der Waals surface area contributed by atoms with Crippen molar-refractivity contribution in [2.45, 2.75) is 25.7 Å². The van der Waals surface area contributed by atoms with Crippen LogP contribution in [-0.4, -0.2) is 15.7 Å². The van der Waals surface area contributed by atoms with Gasteiger partial charge in [0.2, 0.25) is 0 Å². The fraction of sp³-hybridized carbons (Fsp3) is 0.235. The molecule has 0 aliphatic heterocycles. The normalized spacial score (nSPS) is 12.2. The Balaban J connectivity index is 2.27.